The third kappa shape index (κ3) is 5.34. The molecule has 0 saturated heterocycles. The second kappa shape index (κ2) is 8.42. The molecule has 5 heteroatoms. The predicted molar refractivity (Wildman–Crippen MR) is 85.9 cm³/mol. The molecule has 0 aliphatic heterocycles. The lowest BCUT2D eigenvalue weighted by atomic mass is 9.80. The van der Waals surface area contributed by atoms with Gasteiger partial charge in [0.15, 0.2) is 0 Å². The molecular formula is C16H26BNO3. The van der Waals surface area contributed by atoms with E-state index in [0.717, 1.165) is 12.3 Å². The maximum Gasteiger partial charge on any atom is 0.488 e. The van der Waals surface area contributed by atoms with Crippen molar-refractivity contribution in [2.75, 3.05) is 20.2 Å². The van der Waals surface area contributed by atoms with Crippen LogP contribution in [0.4, 0.5) is 0 Å². The highest BCUT2D eigenvalue weighted by atomic mass is 16.5. The minimum absolute atomic E-state index is 0.484. The molecule has 2 N–H and O–H groups in total. The topological polar surface area (TPSA) is 52.9 Å². The fourth-order valence-electron chi connectivity index (χ4n) is 2.92. The molecule has 1 aliphatic carbocycles. The van der Waals surface area contributed by atoms with Crippen LogP contribution in [0.2, 0.25) is 0 Å². The van der Waals surface area contributed by atoms with E-state index in [2.05, 4.69) is 11.9 Å². The number of rotatable bonds is 6. The van der Waals surface area contributed by atoms with Crippen molar-refractivity contribution >= 4 is 12.6 Å². The SMILES string of the molecule is CN(CCOc1ccc(B(O)O)cc1)C1CCCCCC1. The first-order valence-electron chi connectivity index (χ1n) is 7.96. The Balaban J connectivity index is 1.72. The minimum atomic E-state index is -1.42. The summed E-state index contributed by atoms with van der Waals surface area (Å²) in [5.74, 6) is 0.772. The van der Waals surface area contributed by atoms with Gasteiger partial charge in [0, 0.05) is 12.6 Å². The maximum atomic E-state index is 9.04. The summed E-state index contributed by atoms with van der Waals surface area (Å²) < 4.78 is 5.73. The van der Waals surface area contributed by atoms with Gasteiger partial charge in [0.2, 0.25) is 0 Å². The van der Waals surface area contributed by atoms with Crippen molar-refractivity contribution in [3.63, 3.8) is 0 Å². The Morgan fingerprint density at radius 2 is 1.71 bits per heavy atom. The van der Waals surface area contributed by atoms with Crippen LogP contribution >= 0.6 is 0 Å². The third-order valence-electron chi connectivity index (χ3n) is 4.34. The summed E-state index contributed by atoms with van der Waals surface area (Å²) in [5, 5.41) is 18.1. The Hall–Kier alpha value is -1.04. The Labute approximate surface area is 127 Å². The van der Waals surface area contributed by atoms with Crippen LogP contribution in [-0.2, 0) is 0 Å². The van der Waals surface area contributed by atoms with Crippen LogP contribution < -0.4 is 10.2 Å². The molecule has 1 fully saturated rings. The van der Waals surface area contributed by atoms with Crippen LogP contribution in [0.15, 0.2) is 24.3 Å². The minimum Gasteiger partial charge on any atom is -0.492 e. The molecule has 21 heavy (non-hydrogen) atoms. The molecule has 0 heterocycles. The largest absolute Gasteiger partial charge is 0.492 e. The summed E-state index contributed by atoms with van der Waals surface area (Å²) >= 11 is 0. The molecule has 1 aliphatic rings. The van der Waals surface area contributed by atoms with Gasteiger partial charge in [-0.25, -0.2) is 0 Å². The zero-order valence-electron chi connectivity index (χ0n) is 12.9. The Morgan fingerprint density at radius 1 is 1.10 bits per heavy atom. The number of ether oxygens (including phenoxy) is 1. The molecule has 4 nitrogen and oxygen atoms in total. The van der Waals surface area contributed by atoms with Crippen molar-refractivity contribution in [3.8, 4) is 5.75 Å². The predicted octanol–water partition coefficient (Wildman–Crippen LogP) is 1.40. The molecule has 0 unspecified atom stereocenters. The molecule has 2 rings (SSSR count). The van der Waals surface area contributed by atoms with Crippen LogP contribution in [0.1, 0.15) is 38.5 Å². The van der Waals surface area contributed by atoms with Gasteiger partial charge in [-0.3, -0.25) is 0 Å². The van der Waals surface area contributed by atoms with Gasteiger partial charge in [0.1, 0.15) is 12.4 Å². The number of nitrogens with zero attached hydrogens (tertiary/aromatic N) is 1. The lowest BCUT2D eigenvalue weighted by molar-refractivity contribution is 0.178. The van der Waals surface area contributed by atoms with Gasteiger partial charge in [0.05, 0.1) is 0 Å². The van der Waals surface area contributed by atoms with Gasteiger partial charge in [-0.05, 0) is 37.5 Å². The molecule has 0 amide bonds. The average molecular weight is 291 g/mol. The van der Waals surface area contributed by atoms with E-state index < -0.39 is 7.12 Å². The van der Waals surface area contributed by atoms with E-state index in [1.54, 1.807) is 24.3 Å². The van der Waals surface area contributed by atoms with E-state index in [0.29, 0.717) is 18.1 Å². The van der Waals surface area contributed by atoms with Gasteiger partial charge < -0.3 is 19.7 Å². The van der Waals surface area contributed by atoms with Gasteiger partial charge in [0.25, 0.3) is 0 Å². The summed E-state index contributed by atoms with van der Waals surface area (Å²) in [6.45, 7) is 1.59. The van der Waals surface area contributed by atoms with Crippen LogP contribution in [0, 0.1) is 0 Å². The third-order valence-corrected chi connectivity index (χ3v) is 4.34. The summed E-state index contributed by atoms with van der Waals surface area (Å²) in [7, 11) is 0.769. The quantitative estimate of drug-likeness (QED) is 0.614. The number of hydrogen-bond donors (Lipinski definition) is 2. The maximum absolute atomic E-state index is 9.04. The van der Waals surface area contributed by atoms with Gasteiger partial charge in [-0.15, -0.1) is 0 Å². The number of hydrogen-bond acceptors (Lipinski definition) is 4. The molecule has 0 radical (unpaired) electrons. The molecular weight excluding hydrogens is 265 g/mol. The first kappa shape index (κ1) is 16.3. The Kier molecular flexibility index (Phi) is 6.55. The van der Waals surface area contributed by atoms with Crippen LogP contribution in [0.25, 0.3) is 0 Å². The molecule has 1 aromatic carbocycles. The molecule has 0 atom stereocenters. The first-order chi connectivity index (χ1) is 10.2. The fourth-order valence-corrected chi connectivity index (χ4v) is 2.92. The Bertz CT molecular complexity index is 402. The Morgan fingerprint density at radius 3 is 2.29 bits per heavy atom. The normalized spacial score (nSPS) is 16.8. The van der Waals surface area contributed by atoms with Gasteiger partial charge in [-0.1, -0.05) is 37.8 Å². The second-order valence-electron chi connectivity index (χ2n) is 5.92. The van der Waals surface area contributed by atoms with Crippen molar-refractivity contribution in [1.82, 2.24) is 4.90 Å². The molecule has 0 aromatic heterocycles. The molecule has 1 aromatic rings. The first-order valence-corrected chi connectivity index (χ1v) is 7.96. The van der Waals surface area contributed by atoms with Crippen LogP contribution in [-0.4, -0.2) is 48.3 Å². The molecule has 0 bridgehead atoms. The standard InChI is InChI=1S/C16H26BNO3/c1-18(15-6-4-2-3-5-7-15)12-13-21-16-10-8-14(9-11-16)17(19)20/h8-11,15,19-20H,2-7,12-13H2,1H3. The smallest absolute Gasteiger partial charge is 0.488 e. The molecule has 0 spiro atoms. The van der Waals surface area contributed by atoms with Crippen molar-refractivity contribution < 1.29 is 14.8 Å². The fraction of sp³-hybridized carbons (Fsp3) is 0.625. The van der Waals surface area contributed by atoms with E-state index in [1.807, 2.05) is 0 Å². The van der Waals surface area contributed by atoms with E-state index in [1.165, 1.54) is 38.5 Å². The van der Waals surface area contributed by atoms with Crippen molar-refractivity contribution in [2.24, 2.45) is 0 Å². The van der Waals surface area contributed by atoms with Gasteiger partial charge in [-0.2, -0.15) is 0 Å². The zero-order chi connectivity index (χ0) is 15.1. The number of likely N-dealkylation sites (N-methyl/N-ethyl adjacent to an activating group) is 1. The van der Waals surface area contributed by atoms with Crippen LogP contribution in [0.5, 0.6) is 5.75 Å². The van der Waals surface area contributed by atoms with Gasteiger partial charge >= 0.3 is 7.12 Å². The van der Waals surface area contributed by atoms with Crippen molar-refractivity contribution in [3.05, 3.63) is 24.3 Å². The van der Waals surface area contributed by atoms with E-state index in [9.17, 15) is 0 Å². The van der Waals surface area contributed by atoms with Crippen LogP contribution in [0.3, 0.4) is 0 Å². The lowest BCUT2D eigenvalue weighted by Gasteiger charge is -2.26. The summed E-state index contributed by atoms with van der Waals surface area (Å²) in [4.78, 5) is 2.41. The molecule has 1 saturated carbocycles. The summed E-state index contributed by atoms with van der Waals surface area (Å²) in [6, 6.07) is 7.60. The van der Waals surface area contributed by atoms with Crippen molar-refractivity contribution in [2.45, 2.75) is 44.6 Å². The summed E-state index contributed by atoms with van der Waals surface area (Å²) in [5.41, 5.74) is 0.484. The highest BCUT2D eigenvalue weighted by Crippen LogP contribution is 2.20. The monoisotopic (exact) mass is 291 g/mol. The molecule has 116 valence electrons. The zero-order valence-corrected chi connectivity index (χ0v) is 12.9. The highest BCUT2D eigenvalue weighted by Gasteiger charge is 2.16. The summed E-state index contributed by atoms with van der Waals surface area (Å²) in [6.07, 6.45) is 8.06. The highest BCUT2D eigenvalue weighted by molar-refractivity contribution is 6.58. The lowest BCUT2D eigenvalue weighted by Crippen LogP contribution is -2.34. The van der Waals surface area contributed by atoms with E-state index in [4.69, 9.17) is 14.8 Å². The second-order valence-corrected chi connectivity index (χ2v) is 5.92. The number of benzene rings is 1. The van der Waals surface area contributed by atoms with E-state index >= 15 is 0 Å². The van der Waals surface area contributed by atoms with E-state index in [-0.39, 0.29) is 0 Å². The van der Waals surface area contributed by atoms with Crippen molar-refractivity contribution in [1.29, 1.82) is 0 Å². The average Bonchev–Trinajstić information content (AvgIpc) is 2.77.